The zero-order valence-electron chi connectivity index (χ0n) is 10.9. The minimum absolute atomic E-state index is 0.332. The molecular formula is C14H13Cl4NO. The lowest BCUT2D eigenvalue weighted by atomic mass is 10.1. The lowest BCUT2D eigenvalue weighted by Crippen LogP contribution is -2.21. The summed E-state index contributed by atoms with van der Waals surface area (Å²) in [6.07, 6.45) is 0. The molecular weight excluding hydrogens is 340 g/mol. The van der Waals surface area contributed by atoms with Crippen LogP contribution in [0.25, 0.3) is 11.3 Å². The van der Waals surface area contributed by atoms with Crippen LogP contribution in [-0.2, 0) is 6.54 Å². The molecule has 1 N–H and O–H groups in total. The van der Waals surface area contributed by atoms with Gasteiger partial charge in [-0.25, -0.2) is 0 Å². The van der Waals surface area contributed by atoms with Gasteiger partial charge in [-0.3, -0.25) is 0 Å². The number of hydrogen-bond donors (Lipinski definition) is 1. The third kappa shape index (κ3) is 3.44. The maximum absolute atomic E-state index is 6.19. The minimum atomic E-state index is 0.332. The largest absolute Gasteiger partial charge is 0.460 e. The van der Waals surface area contributed by atoms with E-state index in [1.165, 1.54) is 6.07 Å². The second-order valence-corrected chi connectivity index (χ2v) is 6.22. The Balaban J connectivity index is 2.37. The van der Waals surface area contributed by atoms with Crippen LogP contribution < -0.4 is 5.32 Å². The molecule has 1 aromatic heterocycles. The van der Waals surface area contributed by atoms with E-state index >= 15 is 0 Å². The van der Waals surface area contributed by atoms with Gasteiger partial charge in [-0.15, -0.1) is 0 Å². The smallest absolute Gasteiger partial charge is 0.137 e. The molecule has 0 saturated carbocycles. The normalized spacial score (nSPS) is 11.3. The minimum Gasteiger partial charge on any atom is -0.460 e. The van der Waals surface area contributed by atoms with Gasteiger partial charge in [0.15, 0.2) is 0 Å². The highest BCUT2D eigenvalue weighted by Crippen LogP contribution is 2.43. The molecule has 0 fully saturated rings. The van der Waals surface area contributed by atoms with E-state index in [1.807, 2.05) is 6.07 Å². The highest BCUT2D eigenvalue weighted by atomic mass is 35.5. The van der Waals surface area contributed by atoms with E-state index in [1.54, 1.807) is 6.07 Å². The summed E-state index contributed by atoms with van der Waals surface area (Å²) in [5.41, 5.74) is 0.515. The van der Waals surface area contributed by atoms with Gasteiger partial charge in [0.25, 0.3) is 0 Å². The first kappa shape index (κ1) is 16.0. The third-order valence-corrected chi connectivity index (χ3v) is 4.28. The van der Waals surface area contributed by atoms with Crippen molar-refractivity contribution in [3.63, 3.8) is 0 Å². The molecule has 2 rings (SSSR count). The molecule has 0 aliphatic rings. The van der Waals surface area contributed by atoms with Gasteiger partial charge in [0.2, 0.25) is 0 Å². The molecule has 1 heterocycles. The summed E-state index contributed by atoms with van der Waals surface area (Å²) in [6, 6.07) is 5.56. The van der Waals surface area contributed by atoms with E-state index in [2.05, 4.69) is 19.2 Å². The zero-order valence-corrected chi connectivity index (χ0v) is 14.0. The molecule has 20 heavy (non-hydrogen) atoms. The molecule has 0 saturated heterocycles. The topological polar surface area (TPSA) is 25.2 Å². The first-order chi connectivity index (χ1) is 9.40. The number of halogens is 4. The van der Waals surface area contributed by atoms with Crippen LogP contribution in [-0.4, -0.2) is 6.04 Å². The van der Waals surface area contributed by atoms with E-state index in [0.29, 0.717) is 44.0 Å². The van der Waals surface area contributed by atoms with Crippen LogP contribution >= 0.6 is 46.4 Å². The lowest BCUT2D eigenvalue weighted by molar-refractivity contribution is 0.473. The van der Waals surface area contributed by atoms with Gasteiger partial charge in [0.1, 0.15) is 11.5 Å². The fraction of sp³-hybridized carbons (Fsp3) is 0.286. The van der Waals surface area contributed by atoms with Gasteiger partial charge in [0, 0.05) is 6.04 Å². The Bertz CT molecular complexity index is 596. The summed E-state index contributed by atoms with van der Waals surface area (Å²) in [4.78, 5) is 0. The van der Waals surface area contributed by atoms with Gasteiger partial charge in [-0.2, -0.15) is 0 Å². The Labute approximate surface area is 138 Å². The summed E-state index contributed by atoms with van der Waals surface area (Å²) in [7, 11) is 0. The molecule has 0 aliphatic carbocycles. The summed E-state index contributed by atoms with van der Waals surface area (Å²) in [5, 5.41) is 4.62. The molecule has 0 atom stereocenters. The van der Waals surface area contributed by atoms with E-state index < -0.39 is 0 Å². The molecule has 1 aromatic carbocycles. The summed E-state index contributed by atoms with van der Waals surface area (Å²) in [5.74, 6) is 1.34. The molecule has 0 amide bonds. The number of rotatable bonds is 4. The third-order valence-electron chi connectivity index (χ3n) is 2.70. The highest BCUT2D eigenvalue weighted by Gasteiger charge is 2.18. The summed E-state index contributed by atoms with van der Waals surface area (Å²) in [6.45, 7) is 4.75. The quantitative estimate of drug-likeness (QED) is 0.676. The summed E-state index contributed by atoms with van der Waals surface area (Å²) >= 11 is 24.4. The van der Waals surface area contributed by atoms with Crippen molar-refractivity contribution in [2.24, 2.45) is 0 Å². The molecule has 0 radical (unpaired) electrons. The summed E-state index contributed by atoms with van der Waals surface area (Å²) < 4.78 is 5.74. The first-order valence-electron chi connectivity index (χ1n) is 6.05. The van der Waals surface area contributed by atoms with Crippen molar-refractivity contribution < 1.29 is 4.42 Å². The molecule has 2 nitrogen and oxygen atoms in total. The highest BCUT2D eigenvalue weighted by molar-refractivity contribution is 6.50. The first-order valence-corrected chi connectivity index (χ1v) is 7.56. The Hall–Kier alpha value is -0.380. The average molecular weight is 353 g/mol. The van der Waals surface area contributed by atoms with Crippen molar-refractivity contribution in [1.29, 1.82) is 0 Å². The Morgan fingerprint density at radius 1 is 1.05 bits per heavy atom. The van der Waals surface area contributed by atoms with Crippen LogP contribution in [0.4, 0.5) is 0 Å². The van der Waals surface area contributed by atoms with Crippen molar-refractivity contribution in [2.75, 3.05) is 0 Å². The van der Waals surface area contributed by atoms with Crippen LogP contribution in [0.5, 0.6) is 0 Å². The fourth-order valence-corrected chi connectivity index (χ4v) is 2.70. The average Bonchev–Trinajstić information content (AvgIpc) is 2.83. The van der Waals surface area contributed by atoms with Gasteiger partial charge in [-0.1, -0.05) is 60.3 Å². The molecule has 0 unspecified atom stereocenters. The second kappa shape index (κ2) is 6.59. The monoisotopic (exact) mass is 351 g/mol. The number of benzene rings is 1. The van der Waals surface area contributed by atoms with E-state index in [9.17, 15) is 0 Å². The number of furan rings is 1. The van der Waals surface area contributed by atoms with Crippen LogP contribution in [0.1, 0.15) is 19.6 Å². The molecule has 6 heteroatoms. The van der Waals surface area contributed by atoms with Gasteiger partial charge in [-0.05, 0) is 18.2 Å². The van der Waals surface area contributed by atoms with E-state index in [4.69, 9.17) is 50.8 Å². The fourth-order valence-electron chi connectivity index (χ4n) is 1.70. The van der Waals surface area contributed by atoms with Crippen molar-refractivity contribution >= 4 is 46.4 Å². The Kier molecular flexibility index (Phi) is 5.27. The maximum atomic E-state index is 6.19. The van der Waals surface area contributed by atoms with E-state index in [0.717, 1.165) is 5.76 Å². The molecule has 0 spiro atoms. The van der Waals surface area contributed by atoms with Crippen molar-refractivity contribution in [2.45, 2.75) is 26.4 Å². The molecule has 0 aliphatic heterocycles. The maximum Gasteiger partial charge on any atom is 0.137 e. The predicted molar refractivity (Wildman–Crippen MR) is 86.2 cm³/mol. The SMILES string of the molecule is CC(C)NCc1ccc(-c2c(Cl)c(Cl)cc(Cl)c2Cl)o1. The van der Waals surface area contributed by atoms with E-state index in [-0.39, 0.29) is 0 Å². The van der Waals surface area contributed by atoms with Gasteiger partial charge < -0.3 is 9.73 Å². The van der Waals surface area contributed by atoms with Gasteiger partial charge in [0.05, 0.1) is 32.2 Å². The molecule has 0 bridgehead atoms. The number of hydrogen-bond acceptors (Lipinski definition) is 2. The lowest BCUT2D eigenvalue weighted by Gasteiger charge is -2.08. The Morgan fingerprint density at radius 2 is 1.65 bits per heavy atom. The standard InChI is InChI=1S/C14H13Cl4NO/c1-7(2)19-6-8-3-4-11(20-8)12-13(17)9(15)5-10(16)14(12)18/h3-5,7,19H,6H2,1-2H3. The second-order valence-electron chi connectivity index (χ2n) is 4.64. The van der Waals surface area contributed by atoms with Crippen LogP contribution in [0.15, 0.2) is 22.6 Å². The predicted octanol–water partition coefficient (Wildman–Crippen LogP) is 6.06. The van der Waals surface area contributed by atoms with Crippen molar-refractivity contribution in [1.82, 2.24) is 5.32 Å². The Morgan fingerprint density at radius 3 is 2.20 bits per heavy atom. The molecule has 108 valence electrons. The van der Waals surface area contributed by atoms with Crippen LogP contribution in [0, 0.1) is 0 Å². The van der Waals surface area contributed by atoms with Gasteiger partial charge >= 0.3 is 0 Å². The van der Waals surface area contributed by atoms with Crippen LogP contribution in [0.3, 0.4) is 0 Å². The zero-order chi connectivity index (χ0) is 14.9. The van der Waals surface area contributed by atoms with Crippen LogP contribution in [0.2, 0.25) is 20.1 Å². The van der Waals surface area contributed by atoms with Crippen molar-refractivity contribution in [3.8, 4) is 11.3 Å². The number of nitrogens with one attached hydrogen (secondary N) is 1. The van der Waals surface area contributed by atoms with Crippen molar-refractivity contribution in [3.05, 3.63) is 44.0 Å². The molecule has 2 aromatic rings.